The molecule has 2 rings (SSSR count). The molecule has 1 saturated carbocycles. The van der Waals surface area contributed by atoms with E-state index in [2.05, 4.69) is 0 Å². The van der Waals surface area contributed by atoms with Gasteiger partial charge in [0.2, 0.25) is 0 Å². The molecule has 3 heteroatoms. The Morgan fingerprint density at radius 1 is 1.19 bits per heavy atom. The van der Waals surface area contributed by atoms with Crippen LogP contribution in [0.25, 0.3) is 0 Å². The van der Waals surface area contributed by atoms with Crippen LogP contribution in [0.5, 0.6) is 0 Å². The van der Waals surface area contributed by atoms with Gasteiger partial charge in [-0.3, -0.25) is 0 Å². The fourth-order valence-electron chi connectivity index (χ4n) is 2.59. The maximum absolute atomic E-state index is 6.21. The van der Waals surface area contributed by atoms with Crippen LogP contribution in [0.1, 0.15) is 43.7 Å². The molecule has 0 saturated heterocycles. The summed E-state index contributed by atoms with van der Waals surface area (Å²) in [5.41, 5.74) is 7.12. The van der Waals surface area contributed by atoms with Crippen LogP contribution in [-0.4, -0.2) is 0 Å². The van der Waals surface area contributed by atoms with Gasteiger partial charge in [0.15, 0.2) is 0 Å². The topological polar surface area (TPSA) is 26.0 Å². The number of hydrogen-bond donors (Lipinski definition) is 1. The van der Waals surface area contributed by atoms with E-state index in [-0.39, 0.29) is 6.04 Å². The first-order chi connectivity index (χ1) is 7.68. The van der Waals surface area contributed by atoms with E-state index in [0.717, 1.165) is 17.9 Å². The summed E-state index contributed by atoms with van der Waals surface area (Å²) in [7, 11) is 0. The van der Waals surface area contributed by atoms with Gasteiger partial charge >= 0.3 is 0 Å². The van der Waals surface area contributed by atoms with Gasteiger partial charge < -0.3 is 5.73 Å². The van der Waals surface area contributed by atoms with Crippen LogP contribution in [0.15, 0.2) is 18.2 Å². The summed E-state index contributed by atoms with van der Waals surface area (Å²) in [5.74, 6) is 0.752. The molecule has 16 heavy (non-hydrogen) atoms. The molecule has 1 aromatic rings. The molecule has 0 aliphatic heterocycles. The van der Waals surface area contributed by atoms with Crippen LogP contribution in [0, 0.1) is 5.92 Å². The second-order valence-corrected chi connectivity index (χ2v) is 5.44. The molecule has 0 radical (unpaired) electrons. The van der Waals surface area contributed by atoms with Crippen molar-refractivity contribution in [3.8, 4) is 0 Å². The van der Waals surface area contributed by atoms with Crippen molar-refractivity contribution in [2.24, 2.45) is 11.7 Å². The second kappa shape index (κ2) is 5.39. The summed E-state index contributed by atoms with van der Waals surface area (Å²) in [6, 6.07) is 5.55. The lowest BCUT2D eigenvalue weighted by Crippen LogP contribution is -2.15. The first-order valence-electron chi connectivity index (χ1n) is 5.88. The maximum Gasteiger partial charge on any atom is 0.0468 e. The predicted molar refractivity (Wildman–Crippen MR) is 70.0 cm³/mol. The Labute approximate surface area is 107 Å². The Balaban J connectivity index is 2.10. The second-order valence-electron chi connectivity index (χ2n) is 4.63. The molecule has 1 aliphatic carbocycles. The fourth-order valence-corrected chi connectivity index (χ4v) is 3.27. The third-order valence-electron chi connectivity index (χ3n) is 3.43. The van der Waals surface area contributed by atoms with E-state index in [0.29, 0.717) is 10.0 Å². The predicted octanol–water partition coefficient (Wildman–Crippen LogP) is 4.57. The lowest BCUT2D eigenvalue weighted by atomic mass is 9.94. The number of nitrogens with two attached hydrogens (primary N) is 1. The number of rotatable bonds is 3. The van der Waals surface area contributed by atoms with Crippen LogP contribution < -0.4 is 5.73 Å². The quantitative estimate of drug-likeness (QED) is 0.844. The third kappa shape index (κ3) is 2.71. The van der Waals surface area contributed by atoms with Crippen LogP contribution in [0.3, 0.4) is 0 Å². The molecule has 0 amide bonds. The molecule has 2 N–H and O–H groups in total. The maximum atomic E-state index is 6.21. The van der Waals surface area contributed by atoms with Crippen molar-refractivity contribution in [2.75, 3.05) is 0 Å². The van der Waals surface area contributed by atoms with Gasteiger partial charge in [-0.1, -0.05) is 55.0 Å². The zero-order valence-corrected chi connectivity index (χ0v) is 10.8. The minimum atomic E-state index is -0.0238. The summed E-state index contributed by atoms with van der Waals surface area (Å²) in [6.07, 6.45) is 6.29. The molecule has 1 aliphatic rings. The van der Waals surface area contributed by atoms with Crippen molar-refractivity contribution in [3.05, 3.63) is 33.8 Å². The van der Waals surface area contributed by atoms with E-state index in [1.54, 1.807) is 0 Å². The Bertz CT molecular complexity index is 339. The highest BCUT2D eigenvalue weighted by Crippen LogP contribution is 2.36. The van der Waals surface area contributed by atoms with Crippen molar-refractivity contribution >= 4 is 23.2 Å². The molecule has 88 valence electrons. The highest BCUT2D eigenvalue weighted by molar-refractivity contribution is 6.36. The first-order valence-corrected chi connectivity index (χ1v) is 6.63. The van der Waals surface area contributed by atoms with E-state index in [1.807, 2.05) is 18.2 Å². The van der Waals surface area contributed by atoms with Crippen LogP contribution >= 0.6 is 23.2 Å². The van der Waals surface area contributed by atoms with Gasteiger partial charge in [-0.25, -0.2) is 0 Å². The van der Waals surface area contributed by atoms with Gasteiger partial charge in [-0.15, -0.1) is 0 Å². The molecule has 1 aromatic carbocycles. The van der Waals surface area contributed by atoms with E-state index in [9.17, 15) is 0 Å². The molecular formula is C13H17Cl2N. The summed E-state index contributed by atoms with van der Waals surface area (Å²) < 4.78 is 0. The summed E-state index contributed by atoms with van der Waals surface area (Å²) in [4.78, 5) is 0. The molecule has 1 unspecified atom stereocenters. The third-order valence-corrected chi connectivity index (χ3v) is 4.09. The van der Waals surface area contributed by atoms with Gasteiger partial charge in [0.05, 0.1) is 0 Å². The summed E-state index contributed by atoms with van der Waals surface area (Å²) >= 11 is 12.3. The summed E-state index contributed by atoms with van der Waals surface area (Å²) in [5, 5.41) is 1.39. The zero-order chi connectivity index (χ0) is 11.5. The van der Waals surface area contributed by atoms with E-state index in [4.69, 9.17) is 28.9 Å². The summed E-state index contributed by atoms with van der Waals surface area (Å²) in [6.45, 7) is 0. The van der Waals surface area contributed by atoms with Gasteiger partial charge in [0, 0.05) is 21.7 Å². The van der Waals surface area contributed by atoms with Crippen molar-refractivity contribution < 1.29 is 0 Å². The van der Waals surface area contributed by atoms with Gasteiger partial charge in [-0.05, 0) is 24.5 Å². The van der Waals surface area contributed by atoms with E-state index < -0.39 is 0 Å². The normalized spacial score (nSPS) is 18.9. The van der Waals surface area contributed by atoms with Crippen molar-refractivity contribution in [3.63, 3.8) is 0 Å². The minimum Gasteiger partial charge on any atom is -0.324 e. The SMILES string of the molecule is NC(CC1CCCC1)c1c(Cl)cccc1Cl. The molecule has 1 fully saturated rings. The Kier molecular flexibility index (Phi) is 4.12. The van der Waals surface area contributed by atoms with Crippen LogP contribution in [-0.2, 0) is 0 Å². The van der Waals surface area contributed by atoms with Gasteiger partial charge in [-0.2, -0.15) is 0 Å². The zero-order valence-electron chi connectivity index (χ0n) is 9.26. The molecule has 0 aromatic heterocycles. The minimum absolute atomic E-state index is 0.0238. The Hall–Kier alpha value is -0.240. The van der Waals surface area contributed by atoms with Crippen molar-refractivity contribution in [1.29, 1.82) is 0 Å². The molecule has 1 nitrogen and oxygen atoms in total. The Morgan fingerprint density at radius 3 is 2.31 bits per heavy atom. The van der Waals surface area contributed by atoms with E-state index >= 15 is 0 Å². The molecule has 0 heterocycles. The van der Waals surface area contributed by atoms with Crippen molar-refractivity contribution in [2.45, 2.75) is 38.1 Å². The average Bonchev–Trinajstić information content (AvgIpc) is 2.70. The highest BCUT2D eigenvalue weighted by Gasteiger charge is 2.21. The molecular weight excluding hydrogens is 241 g/mol. The van der Waals surface area contributed by atoms with Crippen molar-refractivity contribution in [1.82, 2.24) is 0 Å². The number of hydrogen-bond acceptors (Lipinski definition) is 1. The number of benzene rings is 1. The average molecular weight is 258 g/mol. The molecule has 0 bridgehead atoms. The highest BCUT2D eigenvalue weighted by atomic mass is 35.5. The smallest absolute Gasteiger partial charge is 0.0468 e. The lowest BCUT2D eigenvalue weighted by molar-refractivity contribution is 0.451. The monoisotopic (exact) mass is 257 g/mol. The standard InChI is InChI=1S/C13H17Cl2N/c14-10-6-3-7-11(15)13(10)12(16)8-9-4-1-2-5-9/h3,6-7,9,12H,1-2,4-5,8,16H2. The fraction of sp³-hybridized carbons (Fsp3) is 0.538. The first kappa shape index (κ1) is 12.2. The number of halogens is 2. The molecule has 0 spiro atoms. The lowest BCUT2D eigenvalue weighted by Gasteiger charge is -2.18. The Morgan fingerprint density at radius 2 is 1.75 bits per heavy atom. The molecule has 1 atom stereocenters. The van der Waals surface area contributed by atoms with Gasteiger partial charge in [0.25, 0.3) is 0 Å². The van der Waals surface area contributed by atoms with Crippen LogP contribution in [0.2, 0.25) is 10.0 Å². The van der Waals surface area contributed by atoms with E-state index in [1.165, 1.54) is 25.7 Å². The van der Waals surface area contributed by atoms with Gasteiger partial charge in [0.1, 0.15) is 0 Å². The largest absolute Gasteiger partial charge is 0.324 e. The van der Waals surface area contributed by atoms with Crippen LogP contribution in [0.4, 0.5) is 0 Å².